The van der Waals surface area contributed by atoms with Gasteiger partial charge in [0.2, 0.25) is 0 Å². The van der Waals surface area contributed by atoms with Gasteiger partial charge in [-0.2, -0.15) is 0 Å². The van der Waals surface area contributed by atoms with Crippen molar-refractivity contribution in [2.45, 2.75) is 46.5 Å². The lowest BCUT2D eigenvalue weighted by molar-refractivity contribution is -0.139. The van der Waals surface area contributed by atoms with E-state index in [1.54, 1.807) is 0 Å². The van der Waals surface area contributed by atoms with Crippen molar-refractivity contribution in [2.75, 3.05) is 6.61 Å². The van der Waals surface area contributed by atoms with Crippen LogP contribution in [0.5, 0.6) is 0 Å². The van der Waals surface area contributed by atoms with Gasteiger partial charge in [0, 0.05) is 13.0 Å². The molecule has 0 bridgehead atoms. The second-order valence-electron chi connectivity index (χ2n) is 3.94. The van der Waals surface area contributed by atoms with Crippen LogP contribution in [0.1, 0.15) is 34.1 Å². The Morgan fingerprint density at radius 2 is 2.17 bits per heavy atom. The van der Waals surface area contributed by atoms with E-state index in [-0.39, 0.29) is 6.29 Å². The molecule has 1 rings (SSSR count). The van der Waals surface area contributed by atoms with Gasteiger partial charge in [-0.05, 0) is 18.8 Å². The molecule has 0 N–H and O–H groups in total. The SMILES string of the molecule is CCOC1C[C@H](C)[C@@H](C(C)C)O1. The Balaban J connectivity index is 2.39. The Morgan fingerprint density at radius 1 is 1.50 bits per heavy atom. The topological polar surface area (TPSA) is 18.5 Å². The van der Waals surface area contributed by atoms with E-state index in [9.17, 15) is 0 Å². The second kappa shape index (κ2) is 4.24. The largest absolute Gasteiger partial charge is 0.353 e. The van der Waals surface area contributed by atoms with Gasteiger partial charge in [0.15, 0.2) is 6.29 Å². The van der Waals surface area contributed by atoms with Gasteiger partial charge < -0.3 is 9.47 Å². The van der Waals surface area contributed by atoms with Gasteiger partial charge in [0.25, 0.3) is 0 Å². The predicted octanol–water partition coefficient (Wildman–Crippen LogP) is 2.43. The van der Waals surface area contributed by atoms with Crippen molar-refractivity contribution >= 4 is 0 Å². The van der Waals surface area contributed by atoms with E-state index in [1.807, 2.05) is 6.92 Å². The van der Waals surface area contributed by atoms with Gasteiger partial charge in [-0.3, -0.25) is 0 Å². The average molecular weight is 172 g/mol. The molecule has 0 spiro atoms. The van der Waals surface area contributed by atoms with Gasteiger partial charge in [-0.1, -0.05) is 20.8 Å². The summed E-state index contributed by atoms with van der Waals surface area (Å²) in [7, 11) is 0. The van der Waals surface area contributed by atoms with Crippen molar-refractivity contribution in [1.82, 2.24) is 0 Å². The molecule has 1 saturated heterocycles. The van der Waals surface area contributed by atoms with Crippen molar-refractivity contribution in [3.05, 3.63) is 0 Å². The Bertz CT molecular complexity index is 134. The highest BCUT2D eigenvalue weighted by Crippen LogP contribution is 2.31. The van der Waals surface area contributed by atoms with Crippen LogP contribution in [0.15, 0.2) is 0 Å². The fourth-order valence-corrected chi connectivity index (χ4v) is 1.91. The molecule has 1 unspecified atom stereocenters. The molecule has 0 aromatic rings. The first-order chi connectivity index (χ1) is 5.65. The number of hydrogen-bond acceptors (Lipinski definition) is 2. The molecule has 2 heteroatoms. The zero-order valence-corrected chi connectivity index (χ0v) is 8.54. The fraction of sp³-hybridized carbons (Fsp3) is 1.00. The molecule has 0 aliphatic carbocycles. The minimum Gasteiger partial charge on any atom is -0.353 e. The van der Waals surface area contributed by atoms with Crippen LogP contribution in [-0.4, -0.2) is 19.0 Å². The van der Waals surface area contributed by atoms with Gasteiger partial charge in [0.1, 0.15) is 0 Å². The van der Waals surface area contributed by atoms with Crippen LogP contribution in [-0.2, 0) is 9.47 Å². The molecule has 1 aliphatic heterocycles. The fourth-order valence-electron chi connectivity index (χ4n) is 1.91. The molecule has 1 fully saturated rings. The first kappa shape index (κ1) is 10.0. The summed E-state index contributed by atoms with van der Waals surface area (Å²) in [5.41, 5.74) is 0. The van der Waals surface area contributed by atoms with Gasteiger partial charge in [-0.15, -0.1) is 0 Å². The van der Waals surface area contributed by atoms with E-state index in [2.05, 4.69) is 20.8 Å². The number of hydrogen-bond donors (Lipinski definition) is 0. The molecule has 2 nitrogen and oxygen atoms in total. The maximum atomic E-state index is 5.75. The number of rotatable bonds is 3. The zero-order chi connectivity index (χ0) is 9.14. The number of ether oxygens (including phenoxy) is 2. The summed E-state index contributed by atoms with van der Waals surface area (Å²) in [5.74, 6) is 1.24. The molecular weight excluding hydrogens is 152 g/mol. The monoisotopic (exact) mass is 172 g/mol. The van der Waals surface area contributed by atoms with E-state index in [0.717, 1.165) is 13.0 Å². The van der Waals surface area contributed by atoms with Crippen LogP contribution in [0.25, 0.3) is 0 Å². The minimum atomic E-state index is 0.0531. The van der Waals surface area contributed by atoms with Gasteiger partial charge >= 0.3 is 0 Å². The maximum absolute atomic E-state index is 5.75. The summed E-state index contributed by atoms with van der Waals surface area (Å²) in [6.45, 7) is 9.41. The molecule has 0 radical (unpaired) electrons. The zero-order valence-electron chi connectivity index (χ0n) is 8.54. The summed E-state index contributed by atoms with van der Waals surface area (Å²) in [5, 5.41) is 0. The first-order valence-corrected chi connectivity index (χ1v) is 4.92. The van der Waals surface area contributed by atoms with Crippen molar-refractivity contribution in [3.8, 4) is 0 Å². The predicted molar refractivity (Wildman–Crippen MR) is 48.9 cm³/mol. The lowest BCUT2D eigenvalue weighted by Gasteiger charge is -2.18. The van der Waals surface area contributed by atoms with Gasteiger partial charge in [0.05, 0.1) is 6.10 Å². The maximum Gasteiger partial charge on any atom is 0.158 e. The minimum absolute atomic E-state index is 0.0531. The lowest BCUT2D eigenvalue weighted by Crippen LogP contribution is -2.21. The summed E-state index contributed by atoms with van der Waals surface area (Å²) in [6, 6.07) is 0. The Hall–Kier alpha value is -0.0800. The lowest BCUT2D eigenvalue weighted by atomic mass is 9.95. The molecule has 0 amide bonds. The Kier molecular flexibility index (Phi) is 3.53. The van der Waals surface area contributed by atoms with E-state index in [1.165, 1.54) is 0 Å². The first-order valence-electron chi connectivity index (χ1n) is 4.92. The molecular formula is C10H20O2. The third kappa shape index (κ3) is 2.20. The van der Waals surface area contributed by atoms with E-state index in [4.69, 9.17) is 9.47 Å². The molecule has 72 valence electrons. The normalized spacial score (nSPS) is 36.2. The Morgan fingerprint density at radius 3 is 2.58 bits per heavy atom. The quantitative estimate of drug-likeness (QED) is 0.651. The van der Waals surface area contributed by atoms with Gasteiger partial charge in [-0.25, -0.2) is 0 Å². The van der Waals surface area contributed by atoms with Crippen LogP contribution in [0.4, 0.5) is 0 Å². The standard InChI is InChI=1S/C10H20O2/c1-5-11-9-6-8(4)10(12-9)7(2)3/h7-10H,5-6H2,1-4H3/t8-,9?,10+/m0/s1. The summed E-state index contributed by atoms with van der Waals surface area (Å²) < 4.78 is 11.2. The molecule has 12 heavy (non-hydrogen) atoms. The smallest absolute Gasteiger partial charge is 0.158 e. The highest BCUT2D eigenvalue weighted by molar-refractivity contribution is 4.77. The van der Waals surface area contributed by atoms with Crippen molar-refractivity contribution < 1.29 is 9.47 Å². The van der Waals surface area contributed by atoms with Crippen LogP contribution in [0.3, 0.4) is 0 Å². The van der Waals surface area contributed by atoms with Crippen LogP contribution >= 0.6 is 0 Å². The second-order valence-corrected chi connectivity index (χ2v) is 3.94. The van der Waals surface area contributed by atoms with Crippen LogP contribution < -0.4 is 0 Å². The van der Waals surface area contributed by atoms with E-state index < -0.39 is 0 Å². The van der Waals surface area contributed by atoms with Crippen LogP contribution in [0.2, 0.25) is 0 Å². The third-order valence-corrected chi connectivity index (χ3v) is 2.44. The van der Waals surface area contributed by atoms with Crippen molar-refractivity contribution in [2.24, 2.45) is 11.8 Å². The van der Waals surface area contributed by atoms with Crippen LogP contribution in [0, 0.1) is 11.8 Å². The summed E-state index contributed by atoms with van der Waals surface area (Å²) >= 11 is 0. The molecule has 0 aromatic heterocycles. The highest BCUT2D eigenvalue weighted by atomic mass is 16.7. The molecule has 0 aromatic carbocycles. The van der Waals surface area contributed by atoms with Crippen molar-refractivity contribution in [3.63, 3.8) is 0 Å². The average Bonchev–Trinajstić information content (AvgIpc) is 2.32. The summed E-state index contributed by atoms with van der Waals surface area (Å²) in [6.07, 6.45) is 1.50. The Labute approximate surface area is 75.2 Å². The molecule has 0 saturated carbocycles. The molecule has 1 aliphatic rings. The summed E-state index contributed by atoms with van der Waals surface area (Å²) in [4.78, 5) is 0. The molecule has 3 atom stereocenters. The third-order valence-electron chi connectivity index (χ3n) is 2.44. The van der Waals surface area contributed by atoms with E-state index >= 15 is 0 Å². The molecule has 1 heterocycles. The van der Waals surface area contributed by atoms with Crippen molar-refractivity contribution in [1.29, 1.82) is 0 Å². The van der Waals surface area contributed by atoms with E-state index in [0.29, 0.717) is 17.9 Å². The highest BCUT2D eigenvalue weighted by Gasteiger charge is 2.34.